The molecule has 4 heteroatoms. The van der Waals surface area contributed by atoms with Gasteiger partial charge in [-0.2, -0.15) is 5.10 Å². The van der Waals surface area contributed by atoms with Crippen LogP contribution < -0.4 is 0 Å². The van der Waals surface area contributed by atoms with Gasteiger partial charge in [0.1, 0.15) is 6.61 Å². The Kier molecular flexibility index (Phi) is 1.39. The smallest absolute Gasteiger partial charge is 0.145 e. The van der Waals surface area contributed by atoms with Crippen molar-refractivity contribution in [3.05, 3.63) is 29.5 Å². The lowest BCUT2D eigenvalue weighted by atomic mass is 10.1. The summed E-state index contributed by atoms with van der Waals surface area (Å²) in [6, 6.07) is 4.10. The standard InChI is InChI=1S/C10H9N3O/c1-13-5-8-3-2-7-4-11-14-6-9(7)10(8)12-13/h2-5H,6H2,1H3. The van der Waals surface area contributed by atoms with Crippen molar-refractivity contribution in [2.45, 2.75) is 6.61 Å². The molecule has 0 radical (unpaired) electrons. The third-order valence-electron chi connectivity index (χ3n) is 2.41. The molecule has 0 amide bonds. The summed E-state index contributed by atoms with van der Waals surface area (Å²) in [6.07, 6.45) is 3.73. The van der Waals surface area contributed by atoms with Crippen LogP contribution in [-0.2, 0) is 18.5 Å². The number of aromatic nitrogens is 2. The van der Waals surface area contributed by atoms with E-state index in [1.165, 1.54) is 0 Å². The van der Waals surface area contributed by atoms with Gasteiger partial charge < -0.3 is 4.84 Å². The van der Waals surface area contributed by atoms with Gasteiger partial charge in [-0.15, -0.1) is 0 Å². The number of rotatable bonds is 0. The van der Waals surface area contributed by atoms with E-state index in [0.29, 0.717) is 6.61 Å². The van der Waals surface area contributed by atoms with Crippen LogP contribution in [0.2, 0.25) is 0 Å². The Morgan fingerprint density at radius 2 is 2.36 bits per heavy atom. The van der Waals surface area contributed by atoms with E-state index >= 15 is 0 Å². The van der Waals surface area contributed by atoms with Crippen molar-refractivity contribution in [1.29, 1.82) is 0 Å². The van der Waals surface area contributed by atoms with Gasteiger partial charge in [-0.1, -0.05) is 17.3 Å². The molecule has 0 bridgehead atoms. The molecule has 0 spiro atoms. The highest BCUT2D eigenvalue weighted by Crippen LogP contribution is 2.22. The maximum absolute atomic E-state index is 5.03. The summed E-state index contributed by atoms with van der Waals surface area (Å²) in [4.78, 5) is 5.03. The van der Waals surface area contributed by atoms with E-state index in [1.54, 1.807) is 6.21 Å². The van der Waals surface area contributed by atoms with Gasteiger partial charge in [0.25, 0.3) is 0 Å². The van der Waals surface area contributed by atoms with E-state index in [-0.39, 0.29) is 0 Å². The van der Waals surface area contributed by atoms with Crippen LogP contribution in [0.4, 0.5) is 0 Å². The SMILES string of the molecule is Cn1cc2ccc3c(c2n1)CON=C3. The lowest BCUT2D eigenvalue weighted by molar-refractivity contribution is 0.129. The van der Waals surface area contributed by atoms with E-state index in [1.807, 2.05) is 24.0 Å². The molecule has 3 rings (SSSR count). The van der Waals surface area contributed by atoms with E-state index in [0.717, 1.165) is 22.0 Å². The average molecular weight is 187 g/mol. The molecule has 0 aliphatic carbocycles. The third kappa shape index (κ3) is 0.937. The highest BCUT2D eigenvalue weighted by molar-refractivity contribution is 5.92. The van der Waals surface area contributed by atoms with E-state index in [4.69, 9.17) is 4.84 Å². The number of benzene rings is 1. The Morgan fingerprint density at radius 3 is 3.29 bits per heavy atom. The molecule has 0 atom stereocenters. The predicted molar refractivity (Wildman–Crippen MR) is 53.1 cm³/mol. The summed E-state index contributed by atoms with van der Waals surface area (Å²) in [7, 11) is 1.92. The molecular formula is C10H9N3O. The number of oxime groups is 1. The summed E-state index contributed by atoms with van der Waals surface area (Å²) in [6.45, 7) is 0.514. The van der Waals surface area contributed by atoms with Crippen LogP contribution in [0.1, 0.15) is 11.1 Å². The Hall–Kier alpha value is -1.84. The molecule has 0 saturated heterocycles. The molecule has 1 aliphatic heterocycles. The number of fused-ring (bicyclic) bond motifs is 3. The molecule has 2 aromatic rings. The minimum atomic E-state index is 0.514. The molecule has 14 heavy (non-hydrogen) atoms. The number of hydrogen-bond donors (Lipinski definition) is 0. The second kappa shape index (κ2) is 2.57. The Labute approximate surface area is 80.8 Å². The highest BCUT2D eigenvalue weighted by atomic mass is 16.6. The molecule has 0 unspecified atom stereocenters. The Balaban J connectivity index is 2.40. The zero-order valence-electron chi connectivity index (χ0n) is 7.77. The molecule has 1 aromatic heterocycles. The van der Waals surface area contributed by atoms with Gasteiger partial charge in [-0.3, -0.25) is 4.68 Å². The van der Waals surface area contributed by atoms with Crippen molar-refractivity contribution in [2.75, 3.05) is 0 Å². The van der Waals surface area contributed by atoms with Crippen LogP contribution in [0.15, 0.2) is 23.5 Å². The topological polar surface area (TPSA) is 39.4 Å². The maximum Gasteiger partial charge on any atom is 0.145 e. The summed E-state index contributed by atoms with van der Waals surface area (Å²) in [5.74, 6) is 0. The van der Waals surface area contributed by atoms with Crippen molar-refractivity contribution >= 4 is 17.1 Å². The minimum Gasteiger partial charge on any atom is -0.391 e. The maximum atomic E-state index is 5.03. The Morgan fingerprint density at radius 1 is 1.43 bits per heavy atom. The van der Waals surface area contributed by atoms with Crippen molar-refractivity contribution in [2.24, 2.45) is 12.2 Å². The fraction of sp³-hybridized carbons (Fsp3) is 0.200. The molecule has 2 heterocycles. The summed E-state index contributed by atoms with van der Waals surface area (Å²) < 4.78 is 1.82. The quantitative estimate of drug-likeness (QED) is 0.626. The first-order valence-corrected chi connectivity index (χ1v) is 4.45. The van der Waals surface area contributed by atoms with Gasteiger partial charge in [-0.25, -0.2) is 0 Å². The lowest BCUT2D eigenvalue weighted by Crippen LogP contribution is -2.01. The van der Waals surface area contributed by atoms with Gasteiger partial charge >= 0.3 is 0 Å². The first kappa shape index (κ1) is 7.55. The van der Waals surface area contributed by atoms with Crippen molar-refractivity contribution in [3.8, 4) is 0 Å². The van der Waals surface area contributed by atoms with Crippen molar-refractivity contribution < 1.29 is 4.84 Å². The van der Waals surface area contributed by atoms with E-state index in [9.17, 15) is 0 Å². The summed E-state index contributed by atoms with van der Waals surface area (Å²) in [5.41, 5.74) is 3.23. The second-order valence-corrected chi connectivity index (χ2v) is 3.38. The molecular weight excluding hydrogens is 178 g/mol. The lowest BCUT2D eigenvalue weighted by Gasteiger charge is -2.09. The van der Waals surface area contributed by atoms with Gasteiger partial charge in [-0.05, 0) is 0 Å². The van der Waals surface area contributed by atoms with Crippen LogP contribution >= 0.6 is 0 Å². The van der Waals surface area contributed by atoms with Crippen LogP contribution in [-0.4, -0.2) is 16.0 Å². The average Bonchev–Trinajstić information content (AvgIpc) is 2.59. The molecule has 1 aromatic carbocycles. The zero-order chi connectivity index (χ0) is 9.54. The Bertz CT molecular complexity index is 527. The normalized spacial score (nSPS) is 14.1. The first-order chi connectivity index (χ1) is 6.84. The van der Waals surface area contributed by atoms with Crippen molar-refractivity contribution in [1.82, 2.24) is 9.78 Å². The molecule has 0 N–H and O–H groups in total. The number of aryl methyl sites for hydroxylation is 1. The van der Waals surface area contributed by atoms with E-state index < -0.39 is 0 Å². The number of nitrogens with zero attached hydrogens (tertiary/aromatic N) is 3. The zero-order valence-corrected chi connectivity index (χ0v) is 7.77. The summed E-state index contributed by atoms with van der Waals surface area (Å²) >= 11 is 0. The predicted octanol–water partition coefficient (Wildman–Crippen LogP) is 1.44. The second-order valence-electron chi connectivity index (χ2n) is 3.38. The molecule has 0 saturated carbocycles. The van der Waals surface area contributed by atoms with Crippen LogP contribution in [0.3, 0.4) is 0 Å². The third-order valence-corrected chi connectivity index (χ3v) is 2.41. The van der Waals surface area contributed by atoms with Crippen LogP contribution in [0.5, 0.6) is 0 Å². The van der Waals surface area contributed by atoms with Gasteiger partial charge in [0.05, 0.1) is 11.7 Å². The largest absolute Gasteiger partial charge is 0.391 e. The summed E-state index contributed by atoms with van der Waals surface area (Å²) in [5, 5.41) is 9.32. The highest BCUT2D eigenvalue weighted by Gasteiger charge is 2.12. The van der Waals surface area contributed by atoms with Gasteiger partial charge in [0, 0.05) is 29.8 Å². The molecule has 1 aliphatic rings. The molecule has 70 valence electrons. The minimum absolute atomic E-state index is 0.514. The fourth-order valence-corrected chi connectivity index (χ4v) is 1.75. The first-order valence-electron chi connectivity index (χ1n) is 4.45. The van der Waals surface area contributed by atoms with Crippen LogP contribution in [0, 0.1) is 0 Å². The van der Waals surface area contributed by atoms with Gasteiger partial charge in [0.2, 0.25) is 0 Å². The monoisotopic (exact) mass is 187 g/mol. The molecule has 0 fully saturated rings. The van der Waals surface area contributed by atoms with Gasteiger partial charge in [0.15, 0.2) is 0 Å². The van der Waals surface area contributed by atoms with Crippen molar-refractivity contribution in [3.63, 3.8) is 0 Å². The molecule has 4 nitrogen and oxygen atoms in total. The van der Waals surface area contributed by atoms with Crippen LogP contribution in [0.25, 0.3) is 10.9 Å². The number of hydrogen-bond acceptors (Lipinski definition) is 3. The van der Waals surface area contributed by atoms with E-state index in [2.05, 4.69) is 16.3 Å². The fourth-order valence-electron chi connectivity index (χ4n) is 1.75.